The summed E-state index contributed by atoms with van der Waals surface area (Å²) in [5.74, 6) is -1.21. The van der Waals surface area contributed by atoms with E-state index >= 15 is 0 Å². The van der Waals surface area contributed by atoms with Crippen molar-refractivity contribution in [3.05, 3.63) is 76.0 Å². The highest BCUT2D eigenvalue weighted by atomic mass is 19.4. The van der Waals surface area contributed by atoms with Crippen molar-refractivity contribution in [3.8, 4) is 5.82 Å². The monoisotopic (exact) mass is 437 g/mol. The molecule has 0 saturated carbocycles. The predicted octanol–water partition coefficient (Wildman–Crippen LogP) is 4.26. The number of ether oxygens (including phenoxy) is 2. The van der Waals surface area contributed by atoms with Crippen molar-refractivity contribution in [1.29, 1.82) is 0 Å². The zero-order chi connectivity index (χ0) is 22.8. The second kappa shape index (κ2) is 8.84. The van der Waals surface area contributed by atoms with Gasteiger partial charge in [0.1, 0.15) is 11.4 Å². The molecule has 10 heteroatoms. The molecule has 2 heterocycles. The van der Waals surface area contributed by atoms with Gasteiger partial charge in [0.2, 0.25) is 0 Å². The number of carbonyl (C=O) groups is 1. The van der Waals surface area contributed by atoms with E-state index in [9.17, 15) is 22.4 Å². The van der Waals surface area contributed by atoms with Crippen LogP contribution in [-0.2, 0) is 28.7 Å². The van der Waals surface area contributed by atoms with Crippen LogP contribution in [0.5, 0.6) is 0 Å². The van der Waals surface area contributed by atoms with Gasteiger partial charge >= 0.3 is 12.1 Å². The molecule has 3 rings (SSSR count). The zero-order valence-electron chi connectivity index (χ0n) is 17.0. The Labute approximate surface area is 175 Å². The molecule has 0 saturated heterocycles. The summed E-state index contributed by atoms with van der Waals surface area (Å²) >= 11 is 0. The molecule has 0 aliphatic carbocycles. The minimum Gasteiger partial charge on any atom is -0.465 e. The first-order valence-corrected chi connectivity index (χ1v) is 9.11. The van der Waals surface area contributed by atoms with E-state index in [1.165, 1.54) is 25.1 Å². The van der Waals surface area contributed by atoms with Gasteiger partial charge < -0.3 is 9.47 Å². The fourth-order valence-electron chi connectivity index (χ4n) is 3.24. The minimum absolute atomic E-state index is 0.0417. The molecule has 6 nitrogen and oxygen atoms in total. The van der Waals surface area contributed by atoms with Gasteiger partial charge in [-0.2, -0.15) is 18.3 Å². The largest absolute Gasteiger partial charge is 0.465 e. The van der Waals surface area contributed by atoms with E-state index in [1.54, 1.807) is 19.1 Å². The molecule has 2 aromatic heterocycles. The molecule has 164 valence electrons. The van der Waals surface area contributed by atoms with Crippen molar-refractivity contribution in [1.82, 2.24) is 14.8 Å². The van der Waals surface area contributed by atoms with Crippen LogP contribution >= 0.6 is 0 Å². The molecule has 1 aromatic carbocycles. The van der Waals surface area contributed by atoms with Gasteiger partial charge in [-0.3, -0.25) is 0 Å². The molecular weight excluding hydrogens is 418 g/mol. The molecule has 0 aliphatic heterocycles. The number of benzene rings is 1. The topological polar surface area (TPSA) is 66.2 Å². The van der Waals surface area contributed by atoms with Crippen LogP contribution in [0.1, 0.15) is 38.4 Å². The highest BCUT2D eigenvalue weighted by molar-refractivity contribution is 5.92. The van der Waals surface area contributed by atoms with Crippen molar-refractivity contribution in [2.45, 2.75) is 26.1 Å². The summed E-state index contributed by atoms with van der Waals surface area (Å²) in [7, 11) is 2.71. The minimum atomic E-state index is -4.65. The summed E-state index contributed by atoms with van der Waals surface area (Å²) in [6.07, 6.45) is -3.15. The second-order valence-corrected chi connectivity index (χ2v) is 6.79. The maximum Gasteiger partial charge on any atom is 0.416 e. The Bertz CT molecular complexity index is 1110. The summed E-state index contributed by atoms with van der Waals surface area (Å²) < 4.78 is 64.1. The Morgan fingerprint density at radius 2 is 1.87 bits per heavy atom. The van der Waals surface area contributed by atoms with E-state index < -0.39 is 23.5 Å². The van der Waals surface area contributed by atoms with Gasteiger partial charge in [-0.1, -0.05) is 0 Å². The predicted molar refractivity (Wildman–Crippen MR) is 102 cm³/mol. The third-order valence-electron chi connectivity index (χ3n) is 4.55. The number of alkyl halides is 3. The normalized spacial score (nSPS) is 11.6. The van der Waals surface area contributed by atoms with Crippen LogP contribution in [0.4, 0.5) is 17.6 Å². The van der Waals surface area contributed by atoms with Crippen molar-refractivity contribution in [2.24, 2.45) is 0 Å². The Balaban J connectivity index is 2.00. The molecule has 0 unspecified atom stereocenters. The number of hydrogen-bond acceptors (Lipinski definition) is 5. The first-order chi connectivity index (χ1) is 14.6. The van der Waals surface area contributed by atoms with Crippen molar-refractivity contribution >= 4 is 5.97 Å². The zero-order valence-corrected chi connectivity index (χ0v) is 17.0. The molecule has 0 radical (unpaired) electrons. The number of aryl methyl sites for hydroxylation is 1. The van der Waals surface area contributed by atoms with Gasteiger partial charge in [0.25, 0.3) is 0 Å². The number of nitrogens with zero attached hydrogens (tertiary/aromatic N) is 3. The Hall–Kier alpha value is -3.27. The molecule has 3 aromatic rings. The summed E-state index contributed by atoms with van der Waals surface area (Å²) in [6.45, 7) is 1.69. The number of esters is 1. The number of rotatable bonds is 6. The van der Waals surface area contributed by atoms with E-state index in [0.717, 1.165) is 12.1 Å². The standard InChI is InChI=1S/C21H19F4N3O3/c1-12-19(20(29)31-3)17(11-30-2)28(27-12)18-9-13(4-5-26-18)6-14-7-15(21(23,24)25)10-16(22)8-14/h4-5,7-10H,6,11H2,1-3H3. The second-order valence-electron chi connectivity index (χ2n) is 6.79. The lowest BCUT2D eigenvalue weighted by atomic mass is 10.0. The number of pyridine rings is 1. The maximum atomic E-state index is 13.7. The average Bonchev–Trinajstić information content (AvgIpc) is 3.03. The average molecular weight is 437 g/mol. The molecule has 0 atom stereocenters. The van der Waals surface area contributed by atoms with Gasteiger partial charge in [0.05, 0.1) is 30.7 Å². The van der Waals surface area contributed by atoms with Crippen LogP contribution < -0.4 is 0 Å². The smallest absolute Gasteiger partial charge is 0.416 e. The summed E-state index contributed by atoms with van der Waals surface area (Å²) in [4.78, 5) is 16.4. The molecular formula is C21H19F4N3O3. The highest BCUT2D eigenvalue weighted by Gasteiger charge is 2.31. The summed E-state index contributed by atoms with van der Waals surface area (Å²) in [6, 6.07) is 5.63. The SMILES string of the molecule is COCc1c(C(=O)OC)c(C)nn1-c1cc(Cc2cc(F)cc(C(F)(F)F)c2)ccn1. The van der Waals surface area contributed by atoms with Gasteiger partial charge in [-0.05, 0) is 54.8 Å². The van der Waals surface area contributed by atoms with Crippen LogP contribution in [0.25, 0.3) is 5.82 Å². The van der Waals surface area contributed by atoms with Crippen molar-refractivity contribution < 1.29 is 31.8 Å². The Kier molecular flexibility index (Phi) is 6.40. The fourth-order valence-corrected chi connectivity index (χ4v) is 3.24. The van der Waals surface area contributed by atoms with Gasteiger partial charge in [-0.15, -0.1) is 0 Å². The Morgan fingerprint density at radius 1 is 1.13 bits per heavy atom. The highest BCUT2D eigenvalue weighted by Crippen LogP contribution is 2.31. The molecule has 0 bridgehead atoms. The lowest BCUT2D eigenvalue weighted by Crippen LogP contribution is -2.10. The van der Waals surface area contributed by atoms with Crippen LogP contribution in [0, 0.1) is 12.7 Å². The summed E-state index contributed by atoms with van der Waals surface area (Å²) in [5.41, 5.74) is 0.766. The van der Waals surface area contributed by atoms with Gasteiger partial charge in [0.15, 0.2) is 5.82 Å². The van der Waals surface area contributed by atoms with Crippen LogP contribution in [-0.4, -0.2) is 35.0 Å². The molecule has 0 fully saturated rings. The number of methoxy groups -OCH3 is 2. The number of hydrogen-bond donors (Lipinski definition) is 0. The first kappa shape index (κ1) is 22.4. The lowest BCUT2D eigenvalue weighted by Gasteiger charge is -2.11. The van der Waals surface area contributed by atoms with Crippen LogP contribution in [0.15, 0.2) is 36.5 Å². The lowest BCUT2D eigenvalue weighted by molar-refractivity contribution is -0.137. The van der Waals surface area contributed by atoms with E-state index in [1.807, 2.05) is 0 Å². The van der Waals surface area contributed by atoms with Gasteiger partial charge in [0, 0.05) is 13.3 Å². The number of carbonyl (C=O) groups excluding carboxylic acids is 1. The third kappa shape index (κ3) is 4.91. The van der Waals surface area contributed by atoms with Crippen molar-refractivity contribution in [3.63, 3.8) is 0 Å². The van der Waals surface area contributed by atoms with E-state index in [2.05, 4.69) is 10.1 Å². The van der Waals surface area contributed by atoms with Gasteiger partial charge in [-0.25, -0.2) is 18.9 Å². The molecule has 0 aliphatic rings. The molecule has 0 amide bonds. The van der Waals surface area contributed by atoms with E-state index in [-0.39, 0.29) is 24.2 Å². The number of aromatic nitrogens is 3. The van der Waals surface area contributed by atoms with E-state index in [0.29, 0.717) is 28.8 Å². The molecule has 31 heavy (non-hydrogen) atoms. The fraction of sp³-hybridized carbons (Fsp3) is 0.286. The number of halogens is 4. The summed E-state index contributed by atoms with van der Waals surface area (Å²) in [5, 5.41) is 4.34. The quantitative estimate of drug-likeness (QED) is 0.426. The van der Waals surface area contributed by atoms with Crippen LogP contribution in [0.3, 0.4) is 0 Å². The van der Waals surface area contributed by atoms with E-state index in [4.69, 9.17) is 9.47 Å². The first-order valence-electron chi connectivity index (χ1n) is 9.11. The Morgan fingerprint density at radius 3 is 2.52 bits per heavy atom. The maximum absolute atomic E-state index is 13.7. The van der Waals surface area contributed by atoms with Crippen LogP contribution in [0.2, 0.25) is 0 Å². The van der Waals surface area contributed by atoms with Crippen molar-refractivity contribution in [2.75, 3.05) is 14.2 Å². The molecule has 0 N–H and O–H groups in total. The molecule has 0 spiro atoms. The third-order valence-corrected chi connectivity index (χ3v) is 4.55.